The van der Waals surface area contributed by atoms with E-state index in [1.54, 1.807) is 0 Å². The van der Waals surface area contributed by atoms with E-state index in [2.05, 4.69) is 13.8 Å². The summed E-state index contributed by atoms with van der Waals surface area (Å²) in [6.45, 7) is 4.13. The van der Waals surface area contributed by atoms with Gasteiger partial charge in [-0.25, -0.2) is 8.42 Å². The molecule has 0 radical (unpaired) electrons. The van der Waals surface area contributed by atoms with Gasteiger partial charge >= 0.3 is 29.6 Å². The number of rotatable bonds is 9. The largest absolute Gasteiger partial charge is 1.00 e. The van der Waals surface area contributed by atoms with Crippen molar-refractivity contribution in [3.63, 3.8) is 0 Å². The van der Waals surface area contributed by atoms with Crippen LogP contribution in [0.2, 0.25) is 0 Å². The monoisotopic (exact) mass is 274 g/mol. The van der Waals surface area contributed by atoms with E-state index in [1.165, 1.54) is 0 Å². The van der Waals surface area contributed by atoms with E-state index in [0.29, 0.717) is 12.8 Å². The Morgan fingerprint density at radius 1 is 0.941 bits per heavy atom. The smallest absolute Gasteiger partial charge is 0.748 e. The second-order valence-corrected chi connectivity index (χ2v) is 5.76. The van der Waals surface area contributed by atoms with Gasteiger partial charge in [0.15, 0.2) is 0 Å². The molecule has 0 aromatic carbocycles. The molecule has 17 heavy (non-hydrogen) atoms. The summed E-state index contributed by atoms with van der Waals surface area (Å²) in [7, 11) is -4.08. The molecule has 5 heteroatoms. The minimum absolute atomic E-state index is 0. The molecule has 0 N–H and O–H groups in total. The minimum Gasteiger partial charge on any atom is -0.748 e. The zero-order valence-electron chi connectivity index (χ0n) is 10.9. The summed E-state index contributed by atoms with van der Waals surface area (Å²) in [4.78, 5) is 0. The molecule has 0 spiro atoms. The Bertz CT molecular complexity index is 230. The van der Waals surface area contributed by atoms with Gasteiger partial charge in [-0.05, 0) is 12.8 Å². The Balaban J connectivity index is -0.000000980. The predicted octanol–water partition coefficient (Wildman–Crippen LogP) is 0.701. The third kappa shape index (κ3) is 13.1. The molecule has 3 nitrogen and oxygen atoms in total. The van der Waals surface area contributed by atoms with Gasteiger partial charge in [0.25, 0.3) is 0 Å². The summed E-state index contributed by atoms with van der Waals surface area (Å²) >= 11 is 0. The van der Waals surface area contributed by atoms with Crippen molar-refractivity contribution in [2.75, 3.05) is 0 Å². The third-order valence-corrected chi connectivity index (χ3v) is 3.96. The Morgan fingerprint density at radius 2 is 1.29 bits per heavy atom. The molecule has 0 saturated carbocycles. The first kappa shape index (κ1) is 23.0. The van der Waals surface area contributed by atoms with Gasteiger partial charge < -0.3 is 4.55 Å². The normalized spacial score (nSPS) is 10.8. The Kier molecular flexibility index (Phi) is 18.1. The molecule has 0 aromatic heterocycles. The Labute approximate surface area is 130 Å². The second kappa shape index (κ2) is 13.3. The SMILES string of the molecule is C.CCCCCC(CCCCC)S(=O)(=O)[O-].[Na+]. The zero-order valence-corrected chi connectivity index (χ0v) is 13.7. The summed E-state index contributed by atoms with van der Waals surface area (Å²) in [6, 6.07) is 0. The molecular weight excluding hydrogens is 247 g/mol. The molecule has 0 aromatic rings. The summed E-state index contributed by atoms with van der Waals surface area (Å²) in [6.07, 6.45) is 6.94. The maximum absolute atomic E-state index is 11.0. The maximum atomic E-state index is 11.0. The topological polar surface area (TPSA) is 57.2 Å². The van der Waals surface area contributed by atoms with Crippen LogP contribution >= 0.6 is 0 Å². The fourth-order valence-corrected chi connectivity index (χ4v) is 2.59. The first-order chi connectivity index (χ1) is 7.02. The average molecular weight is 274 g/mol. The van der Waals surface area contributed by atoms with Crippen molar-refractivity contribution in [1.82, 2.24) is 0 Å². The zero-order chi connectivity index (χ0) is 11.7. The second-order valence-electron chi connectivity index (χ2n) is 4.11. The van der Waals surface area contributed by atoms with Gasteiger partial charge in [0, 0.05) is 5.25 Å². The van der Waals surface area contributed by atoms with E-state index in [0.717, 1.165) is 38.5 Å². The van der Waals surface area contributed by atoms with Crippen molar-refractivity contribution in [2.45, 2.75) is 77.9 Å². The van der Waals surface area contributed by atoms with Crippen LogP contribution in [0.25, 0.3) is 0 Å². The van der Waals surface area contributed by atoms with Crippen LogP contribution in [0.15, 0.2) is 0 Å². The van der Waals surface area contributed by atoms with Crippen molar-refractivity contribution in [2.24, 2.45) is 0 Å². The van der Waals surface area contributed by atoms with Gasteiger partial charge in [-0.3, -0.25) is 0 Å². The van der Waals surface area contributed by atoms with Gasteiger partial charge in [-0.1, -0.05) is 59.8 Å². The molecule has 0 amide bonds. The molecule has 100 valence electrons. The first-order valence-corrected chi connectivity index (χ1v) is 7.44. The third-order valence-electron chi connectivity index (χ3n) is 2.67. The molecule has 0 unspecified atom stereocenters. The van der Waals surface area contributed by atoms with Crippen molar-refractivity contribution in [3.05, 3.63) is 0 Å². The first-order valence-electron chi connectivity index (χ1n) is 5.97. The van der Waals surface area contributed by atoms with Crippen LogP contribution in [0.3, 0.4) is 0 Å². The fraction of sp³-hybridized carbons (Fsp3) is 1.00. The number of hydrogen-bond donors (Lipinski definition) is 0. The van der Waals surface area contributed by atoms with Crippen LogP contribution in [-0.2, 0) is 10.1 Å². The Hall–Kier alpha value is 0.910. The van der Waals surface area contributed by atoms with Gasteiger partial charge in [-0.2, -0.15) is 0 Å². The summed E-state index contributed by atoms with van der Waals surface area (Å²) in [5, 5.41) is -0.643. The maximum Gasteiger partial charge on any atom is 1.00 e. The van der Waals surface area contributed by atoms with Crippen molar-refractivity contribution >= 4 is 10.1 Å². The summed E-state index contributed by atoms with van der Waals surface area (Å²) in [5.41, 5.74) is 0. The molecule has 0 rings (SSSR count). The van der Waals surface area contributed by atoms with Crippen LogP contribution in [0.1, 0.15) is 72.6 Å². The molecular formula is C12H27NaO3S. The van der Waals surface area contributed by atoms with Crippen LogP contribution in [0, 0.1) is 0 Å². The van der Waals surface area contributed by atoms with Crippen molar-refractivity contribution in [3.8, 4) is 0 Å². The quantitative estimate of drug-likeness (QED) is 0.353. The van der Waals surface area contributed by atoms with E-state index < -0.39 is 15.4 Å². The van der Waals surface area contributed by atoms with E-state index in [-0.39, 0.29) is 37.0 Å². The van der Waals surface area contributed by atoms with Gasteiger partial charge in [-0.15, -0.1) is 0 Å². The molecule has 0 aliphatic heterocycles. The number of unbranched alkanes of at least 4 members (excludes halogenated alkanes) is 4. The molecule has 0 atom stereocenters. The van der Waals surface area contributed by atoms with Crippen LogP contribution in [0.5, 0.6) is 0 Å². The van der Waals surface area contributed by atoms with Crippen LogP contribution in [0.4, 0.5) is 0 Å². The van der Waals surface area contributed by atoms with E-state index in [9.17, 15) is 13.0 Å². The van der Waals surface area contributed by atoms with Gasteiger partial charge in [0.2, 0.25) is 0 Å². The molecule has 0 saturated heterocycles. The molecule has 0 fully saturated rings. The van der Waals surface area contributed by atoms with E-state index >= 15 is 0 Å². The van der Waals surface area contributed by atoms with Crippen LogP contribution < -0.4 is 29.6 Å². The summed E-state index contributed by atoms with van der Waals surface area (Å²) in [5.74, 6) is 0. The minimum atomic E-state index is -4.08. The molecule has 0 heterocycles. The Morgan fingerprint density at radius 3 is 1.53 bits per heavy atom. The standard InChI is InChI=1S/C11H24O3S.CH4.Na/c1-3-5-7-9-11(15(12,13)14)10-8-6-4-2;;/h11H,3-10H2,1-2H3,(H,12,13,14);1H4;/q;;+1/p-1. The molecule has 0 bridgehead atoms. The fourth-order valence-electron chi connectivity index (χ4n) is 1.68. The number of hydrogen-bond acceptors (Lipinski definition) is 3. The molecule has 0 aliphatic rings. The average Bonchev–Trinajstić information content (AvgIpc) is 2.14. The van der Waals surface area contributed by atoms with Gasteiger partial charge in [0.05, 0.1) is 10.1 Å². The van der Waals surface area contributed by atoms with Crippen molar-refractivity contribution in [1.29, 1.82) is 0 Å². The molecule has 0 aliphatic carbocycles. The van der Waals surface area contributed by atoms with E-state index in [1.807, 2.05) is 0 Å². The van der Waals surface area contributed by atoms with Gasteiger partial charge in [0.1, 0.15) is 0 Å². The summed E-state index contributed by atoms with van der Waals surface area (Å²) < 4.78 is 32.9. The van der Waals surface area contributed by atoms with Crippen LogP contribution in [-0.4, -0.2) is 18.2 Å². The predicted molar refractivity (Wildman–Crippen MR) is 68.5 cm³/mol. The van der Waals surface area contributed by atoms with Crippen molar-refractivity contribution < 1.29 is 42.5 Å². The van der Waals surface area contributed by atoms with E-state index in [4.69, 9.17) is 0 Å².